The van der Waals surface area contributed by atoms with Crippen molar-refractivity contribution >= 4 is 11.4 Å². The molecule has 1 aromatic heterocycles. The van der Waals surface area contributed by atoms with Gasteiger partial charge in [-0.05, 0) is 31.2 Å². The summed E-state index contributed by atoms with van der Waals surface area (Å²) in [6.45, 7) is 5.86. The molecule has 0 bridgehead atoms. The van der Waals surface area contributed by atoms with Crippen molar-refractivity contribution in [3.05, 3.63) is 70.6 Å². The van der Waals surface area contributed by atoms with Crippen molar-refractivity contribution in [3.63, 3.8) is 0 Å². The molecule has 0 saturated carbocycles. The Hall–Kier alpha value is -3.15. The van der Waals surface area contributed by atoms with E-state index in [-0.39, 0.29) is 11.3 Å². The van der Waals surface area contributed by atoms with Crippen molar-refractivity contribution in [2.75, 3.05) is 10.9 Å². The first kappa shape index (κ1) is 18.2. The van der Waals surface area contributed by atoms with Crippen LogP contribution >= 0.6 is 0 Å². The van der Waals surface area contributed by atoms with Crippen molar-refractivity contribution in [2.24, 2.45) is 7.05 Å². The van der Waals surface area contributed by atoms with E-state index in [1.54, 1.807) is 33.6 Å². The van der Waals surface area contributed by atoms with Gasteiger partial charge in [-0.2, -0.15) is 0 Å². The predicted molar refractivity (Wildman–Crippen MR) is 102 cm³/mol. The highest BCUT2D eigenvalue weighted by Gasteiger charge is 2.15. The lowest BCUT2D eigenvalue weighted by Gasteiger charge is -2.09. The lowest BCUT2D eigenvalue weighted by molar-refractivity contribution is 0.477. The number of hydrogen-bond acceptors (Lipinski definition) is 4. The van der Waals surface area contributed by atoms with Crippen molar-refractivity contribution in [1.29, 1.82) is 0 Å². The van der Waals surface area contributed by atoms with Gasteiger partial charge >= 0.3 is 0 Å². The third-order valence-corrected chi connectivity index (χ3v) is 3.78. The van der Waals surface area contributed by atoms with Crippen LogP contribution in [0.5, 0.6) is 5.75 Å². The number of benzene rings is 2. The van der Waals surface area contributed by atoms with Gasteiger partial charge < -0.3 is 5.11 Å². The van der Waals surface area contributed by atoms with E-state index in [9.17, 15) is 9.90 Å². The number of anilines is 2. The van der Waals surface area contributed by atoms with Gasteiger partial charge in [0.05, 0.1) is 17.1 Å². The fourth-order valence-electron chi connectivity index (χ4n) is 2.42. The first-order valence-electron chi connectivity index (χ1n) is 8.23. The van der Waals surface area contributed by atoms with Crippen LogP contribution in [-0.4, -0.2) is 14.5 Å². The Kier molecular flexibility index (Phi) is 5.89. The normalized spacial score (nSPS) is 9.92. The summed E-state index contributed by atoms with van der Waals surface area (Å²) >= 11 is 0. The molecule has 0 amide bonds. The van der Waals surface area contributed by atoms with Gasteiger partial charge in [0.1, 0.15) is 11.4 Å². The SMILES string of the molecule is CC.Cc1c(NNc2ccccc2O)c(=O)n(-c2ccccc2)n1C. The van der Waals surface area contributed by atoms with Crippen LogP contribution in [-0.2, 0) is 7.05 Å². The van der Waals surface area contributed by atoms with E-state index < -0.39 is 0 Å². The van der Waals surface area contributed by atoms with Gasteiger partial charge in [-0.1, -0.05) is 44.2 Å². The summed E-state index contributed by atoms with van der Waals surface area (Å²) in [4.78, 5) is 12.7. The molecule has 0 unspecified atom stereocenters. The van der Waals surface area contributed by atoms with Gasteiger partial charge in [-0.15, -0.1) is 0 Å². The van der Waals surface area contributed by atoms with Crippen LogP contribution in [0, 0.1) is 6.92 Å². The Morgan fingerprint density at radius 2 is 1.52 bits per heavy atom. The molecule has 0 aliphatic rings. The van der Waals surface area contributed by atoms with Crippen molar-refractivity contribution < 1.29 is 5.11 Å². The Labute approximate surface area is 147 Å². The van der Waals surface area contributed by atoms with E-state index in [1.165, 1.54) is 0 Å². The van der Waals surface area contributed by atoms with Gasteiger partial charge in [0, 0.05) is 7.05 Å². The first-order chi connectivity index (χ1) is 12.1. The maximum atomic E-state index is 12.7. The highest BCUT2D eigenvalue weighted by molar-refractivity contribution is 5.60. The van der Waals surface area contributed by atoms with Crippen LogP contribution < -0.4 is 16.4 Å². The number of aromatic hydroxyl groups is 1. The number of hydrazine groups is 1. The van der Waals surface area contributed by atoms with E-state index in [0.717, 1.165) is 11.4 Å². The zero-order valence-corrected chi connectivity index (χ0v) is 14.9. The number of phenolic OH excluding ortho intramolecular Hbond substituents is 1. The average molecular weight is 340 g/mol. The van der Waals surface area contributed by atoms with E-state index in [2.05, 4.69) is 10.9 Å². The number of nitrogens with zero attached hydrogens (tertiary/aromatic N) is 2. The van der Waals surface area contributed by atoms with Crippen molar-refractivity contribution in [3.8, 4) is 11.4 Å². The summed E-state index contributed by atoms with van der Waals surface area (Å²) in [6.07, 6.45) is 0. The summed E-state index contributed by atoms with van der Waals surface area (Å²) in [7, 11) is 1.83. The van der Waals surface area contributed by atoms with Crippen molar-refractivity contribution in [1.82, 2.24) is 9.36 Å². The lowest BCUT2D eigenvalue weighted by Crippen LogP contribution is -2.22. The number of para-hydroxylation sites is 3. The minimum Gasteiger partial charge on any atom is -0.506 e. The summed E-state index contributed by atoms with van der Waals surface area (Å²) in [6, 6.07) is 16.3. The molecule has 6 nitrogen and oxygen atoms in total. The van der Waals surface area contributed by atoms with Crippen molar-refractivity contribution in [2.45, 2.75) is 20.8 Å². The molecule has 3 N–H and O–H groups in total. The van der Waals surface area contributed by atoms with E-state index in [4.69, 9.17) is 0 Å². The third kappa shape index (κ3) is 3.68. The molecule has 0 aliphatic heterocycles. The van der Waals surface area contributed by atoms with Gasteiger partial charge in [0.25, 0.3) is 5.56 Å². The number of nitrogens with one attached hydrogen (secondary N) is 2. The molecule has 0 spiro atoms. The molecule has 3 rings (SSSR count). The van der Waals surface area contributed by atoms with Gasteiger partial charge in [-0.3, -0.25) is 20.3 Å². The second-order valence-corrected chi connectivity index (χ2v) is 5.20. The lowest BCUT2D eigenvalue weighted by atomic mass is 10.3. The molecular formula is C19H24N4O2. The van der Waals surface area contributed by atoms with Crippen LogP contribution in [0.1, 0.15) is 19.5 Å². The maximum absolute atomic E-state index is 12.7. The molecule has 0 atom stereocenters. The second kappa shape index (κ2) is 8.10. The molecule has 0 saturated heterocycles. The molecule has 0 aliphatic carbocycles. The van der Waals surface area contributed by atoms with Gasteiger partial charge in [-0.25, -0.2) is 4.68 Å². The molecule has 1 heterocycles. The quantitative estimate of drug-likeness (QED) is 0.501. The summed E-state index contributed by atoms with van der Waals surface area (Å²) in [5.41, 5.74) is 8.12. The van der Waals surface area contributed by atoms with Gasteiger partial charge in [0.2, 0.25) is 0 Å². The monoisotopic (exact) mass is 340 g/mol. The molecule has 2 aromatic carbocycles. The topological polar surface area (TPSA) is 71.2 Å². The molecule has 3 aromatic rings. The standard InChI is InChI=1S/C17H18N4O2.C2H6/c1-12-16(19-18-14-10-6-7-11-15(14)22)17(23)21(20(12)2)13-8-4-3-5-9-13;1-2/h3-11,18-19,22H,1-2H3;1-2H3. The fraction of sp³-hybridized carbons (Fsp3) is 0.211. The number of rotatable bonds is 4. The summed E-state index contributed by atoms with van der Waals surface area (Å²) < 4.78 is 3.37. The molecule has 6 heteroatoms. The zero-order chi connectivity index (χ0) is 18.4. The van der Waals surface area contributed by atoms with E-state index in [0.29, 0.717) is 11.4 Å². The zero-order valence-electron chi connectivity index (χ0n) is 14.9. The second-order valence-electron chi connectivity index (χ2n) is 5.20. The Balaban J connectivity index is 0.00000109. The predicted octanol–water partition coefficient (Wildman–Crippen LogP) is 3.66. The van der Waals surface area contributed by atoms with E-state index >= 15 is 0 Å². The Morgan fingerprint density at radius 1 is 0.920 bits per heavy atom. The van der Waals surface area contributed by atoms with Gasteiger partial charge in [0.15, 0.2) is 0 Å². The Morgan fingerprint density at radius 3 is 2.16 bits per heavy atom. The van der Waals surface area contributed by atoms with Crippen LogP contribution in [0.3, 0.4) is 0 Å². The minimum atomic E-state index is -0.167. The summed E-state index contributed by atoms with van der Waals surface area (Å²) in [5.74, 6) is 0.108. The molecule has 0 radical (unpaired) electrons. The molecular weight excluding hydrogens is 316 g/mol. The highest BCUT2D eigenvalue weighted by Crippen LogP contribution is 2.22. The number of hydrogen-bond donors (Lipinski definition) is 3. The maximum Gasteiger partial charge on any atom is 0.296 e. The smallest absolute Gasteiger partial charge is 0.296 e. The number of phenols is 1. The van der Waals surface area contributed by atoms with Crippen LogP contribution in [0.2, 0.25) is 0 Å². The largest absolute Gasteiger partial charge is 0.506 e. The highest BCUT2D eigenvalue weighted by atomic mass is 16.3. The average Bonchev–Trinajstić information content (AvgIpc) is 2.86. The Bertz CT molecular complexity index is 882. The molecule has 132 valence electrons. The molecule has 0 fully saturated rings. The minimum absolute atomic E-state index is 0.108. The number of aromatic nitrogens is 2. The van der Waals surface area contributed by atoms with E-state index in [1.807, 2.05) is 58.2 Å². The van der Waals surface area contributed by atoms with Crippen LogP contribution in [0.4, 0.5) is 11.4 Å². The first-order valence-corrected chi connectivity index (χ1v) is 8.23. The van der Waals surface area contributed by atoms with Crippen LogP contribution in [0.25, 0.3) is 5.69 Å². The summed E-state index contributed by atoms with van der Waals surface area (Å²) in [5, 5.41) is 9.77. The fourth-order valence-corrected chi connectivity index (χ4v) is 2.42. The van der Waals surface area contributed by atoms with Crippen LogP contribution in [0.15, 0.2) is 59.4 Å². The molecule has 25 heavy (non-hydrogen) atoms. The third-order valence-electron chi connectivity index (χ3n) is 3.78.